The highest BCUT2D eigenvalue weighted by Gasteiger charge is 2.07. The van der Waals surface area contributed by atoms with Gasteiger partial charge in [-0.2, -0.15) is 5.10 Å². The molecular weight excluding hydrogens is 272 g/mol. The highest BCUT2D eigenvalue weighted by Crippen LogP contribution is 2.22. The number of hydrogen-bond donors (Lipinski definition) is 0. The van der Waals surface area contributed by atoms with Crippen LogP contribution in [0.25, 0.3) is 16.8 Å². The number of benzene rings is 2. The Hall–Kier alpha value is -2.39. The summed E-state index contributed by atoms with van der Waals surface area (Å²) in [6.07, 6.45) is 4.45. The van der Waals surface area contributed by atoms with Crippen LogP contribution in [-0.2, 0) is 0 Å². The third-order valence-electron chi connectivity index (χ3n) is 3.05. The number of nitrogens with zero attached hydrogens (tertiary/aromatic N) is 2. The topological polar surface area (TPSA) is 34.9 Å². The van der Waals surface area contributed by atoms with Crippen molar-refractivity contribution >= 4 is 17.9 Å². The van der Waals surface area contributed by atoms with E-state index < -0.39 is 0 Å². The summed E-state index contributed by atoms with van der Waals surface area (Å²) in [5.74, 6) is 0. The van der Waals surface area contributed by atoms with Crippen molar-refractivity contribution in [2.45, 2.75) is 0 Å². The molecule has 0 atom stereocenters. The summed E-state index contributed by atoms with van der Waals surface area (Å²) in [6.45, 7) is 0. The van der Waals surface area contributed by atoms with Crippen LogP contribution in [-0.4, -0.2) is 16.1 Å². The number of aromatic nitrogens is 2. The zero-order valence-electron chi connectivity index (χ0n) is 10.5. The summed E-state index contributed by atoms with van der Waals surface area (Å²) in [5.41, 5.74) is 3.31. The standard InChI is InChI=1S/C16H11ClN2O/c17-15-6-7-16(13(8-15)11-20)19-10-14(9-18-19)12-4-2-1-3-5-12/h1-11H. The Bertz CT molecular complexity index is 750. The lowest BCUT2D eigenvalue weighted by molar-refractivity contribution is 0.112. The van der Waals surface area contributed by atoms with Crippen molar-refractivity contribution in [3.05, 3.63) is 71.5 Å². The minimum atomic E-state index is 0.514. The van der Waals surface area contributed by atoms with Crippen LogP contribution in [0.5, 0.6) is 0 Å². The average Bonchev–Trinajstić information content (AvgIpc) is 2.97. The number of hydrogen-bond acceptors (Lipinski definition) is 2. The second kappa shape index (κ2) is 5.31. The summed E-state index contributed by atoms with van der Waals surface area (Å²) < 4.78 is 1.68. The molecule has 0 aliphatic heterocycles. The highest BCUT2D eigenvalue weighted by molar-refractivity contribution is 6.30. The zero-order chi connectivity index (χ0) is 13.9. The maximum atomic E-state index is 11.1. The first kappa shape index (κ1) is 12.6. The molecule has 0 fully saturated rings. The Kier molecular flexibility index (Phi) is 3.35. The van der Waals surface area contributed by atoms with Gasteiger partial charge in [0.2, 0.25) is 0 Å². The molecular formula is C16H11ClN2O. The van der Waals surface area contributed by atoms with Gasteiger partial charge < -0.3 is 0 Å². The van der Waals surface area contributed by atoms with E-state index in [1.807, 2.05) is 36.5 Å². The third kappa shape index (κ3) is 2.36. The van der Waals surface area contributed by atoms with Crippen LogP contribution in [0.1, 0.15) is 10.4 Å². The summed E-state index contributed by atoms with van der Waals surface area (Å²) in [7, 11) is 0. The Morgan fingerprint density at radius 2 is 1.85 bits per heavy atom. The molecule has 98 valence electrons. The Labute approximate surface area is 121 Å². The molecule has 0 aliphatic carbocycles. The predicted octanol–water partition coefficient (Wildman–Crippen LogP) is 4.01. The van der Waals surface area contributed by atoms with E-state index in [0.717, 1.165) is 17.4 Å². The minimum Gasteiger partial charge on any atom is -0.298 e. The van der Waals surface area contributed by atoms with Crippen LogP contribution in [0, 0.1) is 0 Å². The fourth-order valence-electron chi connectivity index (χ4n) is 2.06. The van der Waals surface area contributed by atoms with Crippen LogP contribution >= 0.6 is 11.6 Å². The van der Waals surface area contributed by atoms with Gasteiger partial charge in [-0.15, -0.1) is 0 Å². The lowest BCUT2D eigenvalue weighted by atomic mass is 10.1. The first-order chi connectivity index (χ1) is 9.78. The van der Waals surface area contributed by atoms with E-state index in [1.54, 1.807) is 29.1 Å². The normalized spacial score (nSPS) is 10.4. The molecule has 1 heterocycles. The number of rotatable bonds is 3. The van der Waals surface area contributed by atoms with Gasteiger partial charge in [0.1, 0.15) is 0 Å². The first-order valence-corrected chi connectivity index (χ1v) is 6.51. The summed E-state index contributed by atoms with van der Waals surface area (Å²) in [4.78, 5) is 11.1. The monoisotopic (exact) mass is 282 g/mol. The Balaban J connectivity index is 2.05. The van der Waals surface area contributed by atoms with Crippen molar-refractivity contribution in [2.24, 2.45) is 0 Å². The predicted molar refractivity (Wildman–Crippen MR) is 79.4 cm³/mol. The molecule has 1 aromatic heterocycles. The second-order valence-corrected chi connectivity index (χ2v) is 4.80. The molecule has 0 unspecified atom stereocenters. The van der Waals surface area contributed by atoms with Crippen LogP contribution in [0.4, 0.5) is 0 Å². The van der Waals surface area contributed by atoms with Gasteiger partial charge in [-0.05, 0) is 23.8 Å². The van der Waals surface area contributed by atoms with Gasteiger partial charge in [-0.25, -0.2) is 4.68 Å². The molecule has 0 saturated carbocycles. The molecule has 3 nitrogen and oxygen atoms in total. The molecule has 0 bridgehead atoms. The highest BCUT2D eigenvalue weighted by atomic mass is 35.5. The minimum absolute atomic E-state index is 0.514. The van der Waals surface area contributed by atoms with Gasteiger partial charge in [0.25, 0.3) is 0 Å². The first-order valence-electron chi connectivity index (χ1n) is 6.13. The van der Waals surface area contributed by atoms with E-state index in [1.165, 1.54) is 0 Å². The average molecular weight is 283 g/mol. The Morgan fingerprint density at radius 1 is 1.05 bits per heavy atom. The summed E-state index contributed by atoms with van der Waals surface area (Å²) in [5, 5.41) is 4.85. The lowest BCUT2D eigenvalue weighted by Crippen LogP contribution is -1.99. The molecule has 20 heavy (non-hydrogen) atoms. The van der Waals surface area contributed by atoms with E-state index in [-0.39, 0.29) is 0 Å². The van der Waals surface area contributed by atoms with Crippen molar-refractivity contribution in [3.8, 4) is 16.8 Å². The van der Waals surface area contributed by atoms with Crippen LogP contribution in [0.3, 0.4) is 0 Å². The van der Waals surface area contributed by atoms with Crippen molar-refractivity contribution in [1.29, 1.82) is 0 Å². The van der Waals surface area contributed by atoms with E-state index in [2.05, 4.69) is 5.10 Å². The largest absolute Gasteiger partial charge is 0.298 e. The van der Waals surface area contributed by atoms with Crippen LogP contribution in [0.2, 0.25) is 5.02 Å². The van der Waals surface area contributed by atoms with E-state index in [9.17, 15) is 4.79 Å². The van der Waals surface area contributed by atoms with Gasteiger partial charge >= 0.3 is 0 Å². The molecule has 0 N–H and O–H groups in total. The maximum absolute atomic E-state index is 11.1. The van der Waals surface area contributed by atoms with E-state index >= 15 is 0 Å². The quantitative estimate of drug-likeness (QED) is 0.681. The fourth-order valence-corrected chi connectivity index (χ4v) is 2.24. The lowest BCUT2D eigenvalue weighted by Gasteiger charge is -2.04. The van der Waals surface area contributed by atoms with Crippen LogP contribution < -0.4 is 0 Å². The number of carbonyl (C=O) groups excluding carboxylic acids is 1. The van der Waals surface area contributed by atoms with Crippen molar-refractivity contribution < 1.29 is 4.79 Å². The molecule has 3 rings (SSSR count). The number of carbonyl (C=O) groups is 1. The molecule has 0 aliphatic rings. The van der Waals surface area contributed by atoms with Gasteiger partial charge in [0, 0.05) is 22.3 Å². The van der Waals surface area contributed by atoms with Crippen molar-refractivity contribution in [1.82, 2.24) is 9.78 Å². The van der Waals surface area contributed by atoms with Gasteiger partial charge in [0.05, 0.1) is 11.9 Å². The van der Waals surface area contributed by atoms with Gasteiger partial charge in [0.15, 0.2) is 6.29 Å². The molecule has 0 spiro atoms. The molecule has 0 radical (unpaired) electrons. The third-order valence-corrected chi connectivity index (χ3v) is 3.29. The summed E-state index contributed by atoms with van der Waals surface area (Å²) >= 11 is 5.90. The SMILES string of the molecule is O=Cc1cc(Cl)ccc1-n1cc(-c2ccccc2)cn1. The molecule has 3 aromatic rings. The smallest absolute Gasteiger partial charge is 0.152 e. The van der Waals surface area contributed by atoms with Crippen LogP contribution in [0.15, 0.2) is 60.9 Å². The molecule has 0 saturated heterocycles. The fraction of sp³-hybridized carbons (Fsp3) is 0. The van der Waals surface area contributed by atoms with Gasteiger partial charge in [-0.1, -0.05) is 41.9 Å². The molecule has 4 heteroatoms. The second-order valence-electron chi connectivity index (χ2n) is 4.36. The maximum Gasteiger partial charge on any atom is 0.152 e. The van der Waals surface area contributed by atoms with E-state index in [4.69, 9.17) is 11.6 Å². The molecule has 2 aromatic carbocycles. The molecule has 0 amide bonds. The van der Waals surface area contributed by atoms with Gasteiger partial charge in [-0.3, -0.25) is 4.79 Å². The van der Waals surface area contributed by atoms with Crippen molar-refractivity contribution in [3.63, 3.8) is 0 Å². The number of halogens is 1. The zero-order valence-corrected chi connectivity index (χ0v) is 11.3. The van der Waals surface area contributed by atoms with E-state index in [0.29, 0.717) is 16.3 Å². The summed E-state index contributed by atoms with van der Waals surface area (Å²) in [6, 6.07) is 15.1. The Morgan fingerprint density at radius 3 is 2.60 bits per heavy atom. The van der Waals surface area contributed by atoms with Crippen molar-refractivity contribution in [2.75, 3.05) is 0 Å². The number of aldehydes is 1.